The van der Waals surface area contributed by atoms with Gasteiger partial charge in [0.2, 0.25) is 5.91 Å². The largest absolute Gasteiger partial charge is 0.393 e. The summed E-state index contributed by atoms with van der Waals surface area (Å²) in [7, 11) is 0. The van der Waals surface area contributed by atoms with Gasteiger partial charge in [0.1, 0.15) is 0 Å². The Morgan fingerprint density at radius 1 is 1.00 bits per heavy atom. The van der Waals surface area contributed by atoms with Crippen molar-refractivity contribution in [1.82, 2.24) is 5.32 Å². The fourth-order valence-electron chi connectivity index (χ4n) is 9.80. The number of fused-ring (bicyclic) bond motifs is 5. The summed E-state index contributed by atoms with van der Waals surface area (Å²) >= 11 is 1.77. The SMILES string of the molecule is CSCCNC(=O)CC[C@@H](C)[C@@]1(C)CC[C@H]2[C@@H]3[C@H](O)C[C@@H]4C[C@H](O)CC[C@]4(C)[C@@]3(C)CC[C@@]21C. The van der Waals surface area contributed by atoms with E-state index in [1.807, 2.05) is 0 Å². The molecular formula is C29H51NO3S. The summed E-state index contributed by atoms with van der Waals surface area (Å²) in [5.41, 5.74) is 0.783. The van der Waals surface area contributed by atoms with E-state index in [4.69, 9.17) is 0 Å². The number of hydrogen-bond donors (Lipinski definition) is 3. The first-order chi connectivity index (χ1) is 15.9. The first-order valence-corrected chi connectivity index (χ1v) is 15.4. The molecule has 0 spiro atoms. The third kappa shape index (κ3) is 3.99. The average Bonchev–Trinajstić information content (AvgIpc) is 3.06. The summed E-state index contributed by atoms with van der Waals surface area (Å²) in [4.78, 5) is 12.4. The molecule has 3 N–H and O–H groups in total. The highest BCUT2D eigenvalue weighted by Gasteiger charge is 2.69. The molecule has 4 aliphatic rings. The van der Waals surface area contributed by atoms with Crippen molar-refractivity contribution >= 4 is 17.7 Å². The summed E-state index contributed by atoms with van der Waals surface area (Å²) in [6.07, 6.45) is 11.8. The number of nitrogens with one attached hydrogen (secondary N) is 1. The Kier molecular flexibility index (Phi) is 7.53. The smallest absolute Gasteiger partial charge is 0.220 e. The molecule has 4 nitrogen and oxygen atoms in total. The van der Waals surface area contributed by atoms with Gasteiger partial charge in [-0.2, -0.15) is 11.8 Å². The zero-order chi connectivity index (χ0) is 24.9. The Hall–Kier alpha value is -0.260. The predicted octanol–water partition coefficient (Wildman–Crippen LogP) is 5.65. The molecule has 0 aromatic carbocycles. The van der Waals surface area contributed by atoms with Gasteiger partial charge in [-0.3, -0.25) is 4.79 Å². The quantitative estimate of drug-likeness (QED) is 0.401. The zero-order valence-corrected chi connectivity index (χ0v) is 23.5. The summed E-state index contributed by atoms with van der Waals surface area (Å²) in [5, 5.41) is 25.1. The number of aliphatic hydroxyl groups excluding tert-OH is 2. The van der Waals surface area contributed by atoms with Crippen LogP contribution in [0, 0.1) is 45.3 Å². The minimum atomic E-state index is -0.252. The van der Waals surface area contributed by atoms with Crippen LogP contribution in [0.25, 0.3) is 0 Å². The molecule has 0 aliphatic heterocycles. The van der Waals surface area contributed by atoms with Crippen molar-refractivity contribution in [2.45, 2.75) is 111 Å². The highest BCUT2D eigenvalue weighted by Crippen LogP contribution is 2.75. The summed E-state index contributed by atoms with van der Waals surface area (Å²) < 4.78 is 0. The summed E-state index contributed by atoms with van der Waals surface area (Å²) in [6, 6.07) is 0. The molecule has 4 saturated carbocycles. The fourth-order valence-corrected chi connectivity index (χ4v) is 10.1. The first kappa shape index (κ1) is 26.8. The normalized spacial score (nSPS) is 49.0. The molecule has 4 fully saturated rings. The van der Waals surface area contributed by atoms with Crippen molar-refractivity contribution in [1.29, 1.82) is 0 Å². The summed E-state index contributed by atoms with van der Waals surface area (Å²) in [6.45, 7) is 13.2. The van der Waals surface area contributed by atoms with Gasteiger partial charge in [0.15, 0.2) is 0 Å². The Morgan fingerprint density at radius 3 is 2.41 bits per heavy atom. The van der Waals surface area contributed by atoms with Crippen molar-refractivity contribution in [3.63, 3.8) is 0 Å². The van der Waals surface area contributed by atoms with Crippen LogP contribution in [0.15, 0.2) is 0 Å². The van der Waals surface area contributed by atoms with Gasteiger partial charge >= 0.3 is 0 Å². The molecular weight excluding hydrogens is 442 g/mol. The van der Waals surface area contributed by atoms with E-state index in [0.717, 1.165) is 44.4 Å². The van der Waals surface area contributed by atoms with Crippen LogP contribution in [0.2, 0.25) is 0 Å². The van der Waals surface area contributed by atoms with Gasteiger partial charge < -0.3 is 15.5 Å². The second kappa shape index (κ2) is 9.56. The average molecular weight is 494 g/mol. The van der Waals surface area contributed by atoms with Gasteiger partial charge in [-0.1, -0.05) is 34.6 Å². The van der Waals surface area contributed by atoms with Crippen molar-refractivity contribution in [3.05, 3.63) is 0 Å². The maximum atomic E-state index is 12.4. The number of carbonyl (C=O) groups excluding carboxylic acids is 1. The van der Waals surface area contributed by atoms with Gasteiger partial charge in [0.25, 0.3) is 0 Å². The van der Waals surface area contributed by atoms with E-state index in [2.05, 4.69) is 46.2 Å². The fraction of sp³-hybridized carbons (Fsp3) is 0.966. The Morgan fingerprint density at radius 2 is 1.71 bits per heavy atom. The third-order valence-corrected chi connectivity index (χ3v) is 13.3. The van der Waals surface area contributed by atoms with Crippen LogP contribution < -0.4 is 5.32 Å². The van der Waals surface area contributed by atoms with Crippen LogP contribution in [0.1, 0.15) is 98.8 Å². The molecule has 5 heteroatoms. The monoisotopic (exact) mass is 493 g/mol. The van der Waals surface area contributed by atoms with Crippen molar-refractivity contribution < 1.29 is 15.0 Å². The topological polar surface area (TPSA) is 69.6 Å². The van der Waals surface area contributed by atoms with Gasteiger partial charge in [-0.05, 0) is 109 Å². The number of thioether (sulfide) groups is 1. The highest BCUT2D eigenvalue weighted by atomic mass is 32.2. The lowest BCUT2D eigenvalue weighted by Gasteiger charge is -2.69. The molecule has 0 bridgehead atoms. The van der Waals surface area contributed by atoms with E-state index in [1.165, 1.54) is 25.7 Å². The lowest BCUT2D eigenvalue weighted by atomic mass is 9.36. The van der Waals surface area contributed by atoms with Gasteiger partial charge in [0, 0.05) is 18.7 Å². The number of rotatable bonds is 7. The van der Waals surface area contributed by atoms with E-state index in [0.29, 0.717) is 30.1 Å². The third-order valence-electron chi connectivity index (χ3n) is 12.7. The Bertz CT molecular complexity index is 762. The number of hydrogen-bond acceptors (Lipinski definition) is 4. The highest BCUT2D eigenvalue weighted by molar-refractivity contribution is 7.98. The van der Waals surface area contributed by atoms with Crippen LogP contribution in [0.3, 0.4) is 0 Å². The molecule has 0 unspecified atom stereocenters. The van der Waals surface area contributed by atoms with Gasteiger partial charge in [0.05, 0.1) is 12.2 Å². The van der Waals surface area contributed by atoms with E-state index >= 15 is 0 Å². The minimum absolute atomic E-state index is 0.144. The minimum Gasteiger partial charge on any atom is -0.393 e. The van der Waals surface area contributed by atoms with Crippen molar-refractivity contribution in [2.75, 3.05) is 18.6 Å². The van der Waals surface area contributed by atoms with E-state index in [9.17, 15) is 15.0 Å². The van der Waals surface area contributed by atoms with Crippen molar-refractivity contribution in [2.24, 2.45) is 45.3 Å². The molecule has 0 aromatic rings. The Labute approximate surface area is 212 Å². The number of aliphatic hydroxyl groups is 2. The molecule has 1 amide bonds. The van der Waals surface area contributed by atoms with E-state index in [-0.39, 0.29) is 39.8 Å². The molecule has 4 aliphatic carbocycles. The molecule has 196 valence electrons. The molecule has 34 heavy (non-hydrogen) atoms. The second-order valence-corrected chi connectivity index (χ2v) is 14.5. The van der Waals surface area contributed by atoms with Gasteiger partial charge in [-0.15, -0.1) is 0 Å². The molecule has 0 radical (unpaired) electrons. The molecule has 0 saturated heterocycles. The van der Waals surface area contributed by atoms with E-state index < -0.39 is 0 Å². The molecule has 0 aromatic heterocycles. The van der Waals surface area contributed by atoms with Crippen LogP contribution in [0.4, 0.5) is 0 Å². The number of carbonyl (C=O) groups is 1. The molecule has 10 atom stereocenters. The van der Waals surface area contributed by atoms with Crippen LogP contribution in [0.5, 0.6) is 0 Å². The van der Waals surface area contributed by atoms with E-state index in [1.54, 1.807) is 11.8 Å². The van der Waals surface area contributed by atoms with Crippen molar-refractivity contribution in [3.8, 4) is 0 Å². The zero-order valence-electron chi connectivity index (χ0n) is 22.7. The van der Waals surface area contributed by atoms with Crippen LogP contribution >= 0.6 is 11.8 Å². The maximum Gasteiger partial charge on any atom is 0.220 e. The molecule has 4 rings (SSSR count). The maximum absolute atomic E-state index is 12.4. The standard InChI is InChI=1S/C29H51NO3S/c1-19(7-8-24(33)30-15-16-34-6)26(2)12-10-22-25-23(32)18-20-17-21(31)9-11-27(20,3)29(25,5)14-13-28(22,26)4/h19-23,25,31-32H,7-18H2,1-6H3,(H,30,33)/t19-,20+,21-,22+,23-,25-,26-,27+,28+,29+/m1/s1. The first-order valence-electron chi connectivity index (χ1n) is 14.0. The predicted molar refractivity (Wildman–Crippen MR) is 142 cm³/mol. The molecule has 0 heterocycles. The number of amides is 1. The summed E-state index contributed by atoms with van der Waals surface area (Å²) in [5.74, 6) is 3.00. The van der Waals surface area contributed by atoms with Crippen LogP contribution in [-0.4, -0.2) is 46.9 Å². The lowest BCUT2D eigenvalue weighted by Crippen LogP contribution is -2.64. The second-order valence-electron chi connectivity index (χ2n) is 13.6. The lowest BCUT2D eigenvalue weighted by molar-refractivity contribution is -0.230. The van der Waals surface area contributed by atoms with Crippen LogP contribution in [-0.2, 0) is 4.79 Å². The van der Waals surface area contributed by atoms with Gasteiger partial charge in [-0.25, -0.2) is 0 Å². The Balaban J connectivity index is 1.52.